The molecule has 0 radical (unpaired) electrons. The molecule has 5 heteroatoms. The van der Waals surface area contributed by atoms with E-state index in [0.717, 1.165) is 18.8 Å². The smallest absolute Gasteiger partial charge is 0.262 e. The summed E-state index contributed by atoms with van der Waals surface area (Å²) in [6.45, 7) is 4.69. The second kappa shape index (κ2) is 7.66. The number of ether oxygens (including phenoxy) is 2. The van der Waals surface area contributed by atoms with Crippen molar-refractivity contribution in [1.82, 2.24) is 10.3 Å². The number of hydrogen-bond donors (Lipinski definition) is 1. The molecule has 0 bridgehead atoms. The van der Waals surface area contributed by atoms with Gasteiger partial charge in [0.15, 0.2) is 5.75 Å². The van der Waals surface area contributed by atoms with Crippen LogP contribution in [0.3, 0.4) is 0 Å². The first-order valence-corrected chi connectivity index (χ1v) is 8.34. The first-order chi connectivity index (χ1) is 11.2. The lowest BCUT2D eigenvalue weighted by atomic mass is 10.0. The zero-order valence-electron chi connectivity index (χ0n) is 13.2. The lowest BCUT2D eigenvalue weighted by molar-refractivity contribution is 0.211. The summed E-state index contributed by atoms with van der Waals surface area (Å²) in [7, 11) is 0. The summed E-state index contributed by atoms with van der Waals surface area (Å²) < 4.78 is 11.9. The number of halogens is 1. The second-order valence-corrected chi connectivity index (χ2v) is 6.22. The van der Waals surface area contributed by atoms with Gasteiger partial charge in [0.05, 0.1) is 11.6 Å². The monoisotopic (exact) mass is 332 g/mol. The van der Waals surface area contributed by atoms with Gasteiger partial charge in [-0.3, -0.25) is 0 Å². The first-order valence-electron chi connectivity index (χ1n) is 7.96. The van der Waals surface area contributed by atoms with Crippen LogP contribution < -0.4 is 14.8 Å². The molecule has 23 heavy (non-hydrogen) atoms. The third-order valence-corrected chi connectivity index (χ3v) is 4.19. The SMILES string of the molecule is Cc1ccc(OC[C@H]2CCCNC2)c(Oc2ccccc2Cl)n1. The summed E-state index contributed by atoms with van der Waals surface area (Å²) in [5, 5.41) is 3.95. The molecule has 1 aromatic heterocycles. The number of pyridine rings is 1. The van der Waals surface area contributed by atoms with Crippen LogP contribution in [-0.2, 0) is 0 Å². The topological polar surface area (TPSA) is 43.4 Å². The Hall–Kier alpha value is -1.78. The minimum Gasteiger partial charge on any atom is -0.488 e. The number of nitrogens with one attached hydrogen (secondary N) is 1. The van der Waals surface area contributed by atoms with Crippen molar-refractivity contribution < 1.29 is 9.47 Å². The predicted molar refractivity (Wildman–Crippen MR) is 91.6 cm³/mol. The molecule has 4 nitrogen and oxygen atoms in total. The molecule has 122 valence electrons. The zero-order chi connectivity index (χ0) is 16.1. The molecule has 1 aliphatic heterocycles. The highest BCUT2D eigenvalue weighted by Gasteiger charge is 2.16. The highest BCUT2D eigenvalue weighted by atomic mass is 35.5. The van der Waals surface area contributed by atoms with E-state index in [1.807, 2.05) is 37.3 Å². The van der Waals surface area contributed by atoms with E-state index >= 15 is 0 Å². The molecular weight excluding hydrogens is 312 g/mol. The van der Waals surface area contributed by atoms with Gasteiger partial charge in [0.25, 0.3) is 5.88 Å². The van der Waals surface area contributed by atoms with Crippen molar-refractivity contribution in [3.63, 3.8) is 0 Å². The molecule has 1 saturated heterocycles. The molecule has 0 saturated carbocycles. The summed E-state index contributed by atoms with van der Waals surface area (Å²) >= 11 is 6.16. The lowest BCUT2D eigenvalue weighted by Gasteiger charge is -2.23. The van der Waals surface area contributed by atoms with Gasteiger partial charge in [-0.05, 0) is 50.6 Å². The molecule has 1 atom stereocenters. The Labute approximate surface area is 141 Å². The Morgan fingerprint density at radius 2 is 2.09 bits per heavy atom. The molecule has 1 N–H and O–H groups in total. The summed E-state index contributed by atoms with van der Waals surface area (Å²) in [6.07, 6.45) is 2.39. The van der Waals surface area contributed by atoms with E-state index < -0.39 is 0 Å². The number of piperidine rings is 1. The minimum absolute atomic E-state index is 0.460. The van der Waals surface area contributed by atoms with Crippen LogP contribution >= 0.6 is 11.6 Å². The van der Waals surface area contributed by atoms with Gasteiger partial charge in [0.2, 0.25) is 0 Å². The molecule has 2 aromatic rings. The van der Waals surface area contributed by atoms with Crippen molar-refractivity contribution in [3.8, 4) is 17.4 Å². The molecule has 2 heterocycles. The Balaban J connectivity index is 1.73. The number of aryl methyl sites for hydroxylation is 1. The highest BCUT2D eigenvalue weighted by molar-refractivity contribution is 6.32. The van der Waals surface area contributed by atoms with Crippen molar-refractivity contribution in [2.45, 2.75) is 19.8 Å². The maximum absolute atomic E-state index is 6.16. The van der Waals surface area contributed by atoms with Crippen LogP contribution in [0.1, 0.15) is 18.5 Å². The molecular formula is C18H21ClN2O2. The fraction of sp³-hybridized carbons (Fsp3) is 0.389. The molecule has 3 rings (SSSR count). The van der Waals surface area contributed by atoms with Gasteiger partial charge >= 0.3 is 0 Å². The zero-order valence-corrected chi connectivity index (χ0v) is 14.0. The van der Waals surface area contributed by atoms with E-state index in [4.69, 9.17) is 21.1 Å². The second-order valence-electron chi connectivity index (χ2n) is 5.81. The molecule has 1 aliphatic rings. The molecule has 1 aromatic carbocycles. The lowest BCUT2D eigenvalue weighted by Crippen LogP contribution is -2.33. The van der Waals surface area contributed by atoms with Crippen LogP contribution in [-0.4, -0.2) is 24.7 Å². The van der Waals surface area contributed by atoms with Crippen molar-refractivity contribution in [2.75, 3.05) is 19.7 Å². The molecule has 0 spiro atoms. The van der Waals surface area contributed by atoms with Gasteiger partial charge in [-0.2, -0.15) is 0 Å². The quantitative estimate of drug-likeness (QED) is 0.890. The highest BCUT2D eigenvalue weighted by Crippen LogP contribution is 2.33. The fourth-order valence-corrected chi connectivity index (χ4v) is 2.78. The maximum Gasteiger partial charge on any atom is 0.262 e. The van der Waals surface area contributed by atoms with Crippen molar-refractivity contribution in [1.29, 1.82) is 0 Å². The van der Waals surface area contributed by atoms with Crippen LogP contribution in [0.15, 0.2) is 36.4 Å². The largest absolute Gasteiger partial charge is 0.488 e. The van der Waals surface area contributed by atoms with Gasteiger partial charge in [-0.1, -0.05) is 23.7 Å². The van der Waals surface area contributed by atoms with E-state index in [9.17, 15) is 0 Å². The van der Waals surface area contributed by atoms with Gasteiger partial charge in [0.1, 0.15) is 5.75 Å². The first kappa shape index (κ1) is 16.1. The Bertz CT molecular complexity index is 657. The van der Waals surface area contributed by atoms with Crippen LogP contribution in [0.5, 0.6) is 17.4 Å². The van der Waals surface area contributed by atoms with E-state index in [2.05, 4.69) is 10.3 Å². The van der Waals surface area contributed by atoms with Gasteiger partial charge in [-0.15, -0.1) is 0 Å². The van der Waals surface area contributed by atoms with Crippen molar-refractivity contribution >= 4 is 11.6 Å². The van der Waals surface area contributed by atoms with E-state index in [1.54, 1.807) is 6.07 Å². The van der Waals surface area contributed by atoms with Crippen LogP contribution in [0.4, 0.5) is 0 Å². The van der Waals surface area contributed by atoms with Gasteiger partial charge < -0.3 is 14.8 Å². The Kier molecular flexibility index (Phi) is 5.36. The molecule has 0 unspecified atom stereocenters. The van der Waals surface area contributed by atoms with E-state index in [0.29, 0.717) is 34.9 Å². The van der Waals surface area contributed by atoms with E-state index in [-0.39, 0.29) is 0 Å². The summed E-state index contributed by atoms with van der Waals surface area (Å²) in [6, 6.07) is 11.2. The van der Waals surface area contributed by atoms with Crippen LogP contribution in [0, 0.1) is 12.8 Å². The number of para-hydroxylation sites is 1. The summed E-state index contributed by atoms with van der Waals surface area (Å²) in [5.74, 6) is 2.22. The van der Waals surface area contributed by atoms with Crippen molar-refractivity contribution in [2.24, 2.45) is 5.92 Å². The number of hydrogen-bond acceptors (Lipinski definition) is 4. The number of aromatic nitrogens is 1. The van der Waals surface area contributed by atoms with Gasteiger partial charge in [-0.25, -0.2) is 4.98 Å². The summed E-state index contributed by atoms with van der Waals surface area (Å²) in [5.41, 5.74) is 0.874. The molecule has 1 fully saturated rings. The van der Waals surface area contributed by atoms with Crippen LogP contribution in [0.2, 0.25) is 5.02 Å². The number of rotatable bonds is 5. The molecule has 0 aliphatic carbocycles. The van der Waals surface area contributed by atoms with Crippen LogP contribution in [0.25, 0.3) is 0 Å². The van der Waals surface area contributed by atoms with Crippen molar-refractivity contribution in [3.05, 3.63) is 47.1 Å². The fourth-order valence-electron chi connectivity index (χ4n) is 2.61. The number of benzene rings is 1. The minimum atomic E-state index is 0.460. The normalized spacial score (nSPS) is 17.7. The average molecular weight is 333 g/mol. The molecule has 0 amide bonds. The maximum atomic E-state index is 6.16. The number of nitrogens with zero attached hydrogens (tertiary/aromatic N) is 1. The summed E-state index contributed by atoms with van der Waals surface area (Å²) in [4.78, 5) is 4.45. The Morgan fingerprint density at radius 1 is 1.22 bits per heavy atom. The third kappa shape index (κ3) is 4.36. The standard InChI is InChI=1S/C18H21ClN2O2/c1-13-8-9-17(22-12-14-5-4-10-20-11-14)18(21-13)23-16-7-3-2-6-15(16)19/h2-3,6-9,14,20H,4-5,10-12H2,1H3/t14-/m0/s1. The predicted octanol–water partition coefficient (Wildman–Crippen LogP) is 4.21. The average Bonchev–Trinajstić information content (AvgIpc) is 2.57. The Morgan fingerprint density at radius 3 is 2.87 bits per heavy atom. The van der Waals surface area contributed by atoms with Gasteiger partial charge in [0, 0.05) is 18.2 Å². The third-order valence-electron chi connectivity index (χ3n) is 3.88. The van der Waals surface area contributed by atoms with E-state index in [1.165, 1.54) is 12.8 Å².